The van der Waals surface area contributed by atoms with E-state index in [2.05, 4.69) is 27.9 Å². The summed E-state index contributed by atoms with van der Waals surface area (Å²) < 4.78 is 1.08. The number of amides is 1. The summed E-state index contributed by atoms with van der Waals surface area (Å²) in [4.78, 5) is 11.8. The van der Waals surface area contributed by atoms with Crippen molar-refractivity contribution in [1.82, 2.24) is 5.32 Å². The average Bonchev–Trinajstić information content (AvgIpc) is 2.51. The first-order valence-electron chi connectivity index (χ1n) is 3.85. The summed E-state index contributed by atoms with van der Waals surface area (Å²) in [7, 11) is 0. The standard InChI is InChI=1S/C8H9IN2OS2/c1-4(7(10)13)11-8(12)5-2-6(9)14-3-5/h2-4H,1H3,(H2,10,13)(H,11,12). The highest BCUT2D eigenvalue weighted by atomic mass is 127. The molecule has 6 heteroatoms. The van der Waals surface area contributed by atoms with Gasteiger partial charge in [0.25, 0.3) is 5.91 Å². The van der Waals surface area contributed by atoms with Gasteiger partial charge in [-0.25, -0.2) is 0 Å². The van der Waals surface area contributed by atoms with Crippen LogP contribution in [0.3, 0.4) is 0 Å². The molecular weight excluding hydrogens is 331 g/mol. The van der Waals surface area contributed by atoms with Crippen molar-refractivity contribution in [3.63, 3.8) is 0 Å². The van der Waals surface area contributed by atoms with Crippen LogP contribution in [0.25, 0.3) is 0 Å². The Kier molecular flexibility index (Phi) is 4.27. The van der Waals surface area contributed by atoms with Gasteiger partial charge >= 0.3 is 0 Å². The van der Waals surface area contributed by atoms with Crippen molar-refractivity contribution >= 4 is 57.0 Å². The molecule has 3 nitrogen and oxygen atoms in total. The number of carbonyl (C=O) groups excluding carboxylic acids is 1. The maximum Gasteiger partial charge on any atom is 0.252 e. The molecule has 1 amide bonds. The monoisotopic (exact) mass is 340 g/mol. The van der Waals surface area contributed by atoms with Crippen LogP contribution in [-0.4, -0.2) is 16.9 Å². The van der Waals surface area contributed by atoms with Crippen molar-refractivity contribution in [1.29, 1.82) is 0 Å². The van der Waals surface area contributed by atoms with E-state index in [1.807, 2.05) is 11.4 Å². The largest absolute Gasteiger partial charge is 0.392 e. The first kappa shape index (κ1) is 11.9. The van der Waals surface area contributed by atoms with E-state index in [1.54, 1.807) is 6.92 Å². The minimum Gasteiger partial charge on any atom is -0.392 e. The molecule has 1 aromatic rings. The molecule has 0 saturated heterocycles. The van der Waals surface area contributed by atoms with E-state index < -0.39 is 0 Å². The predicted octanol–water partition coefficient (Wildman–Crippen LogP) is 1.76. The lowest BCUT2D eigenvalue weighted by molar-refractivity contribution is 0.0950. The zero-order valence-electron chi connectivity index (χ0n) is 7.41. The molecule has 76 valence electrons. The molecule has 0 spiro atoms. The fourth-order valence-corrected chi connectivity index (χ4v) is 2.17. The van der Waals surface area contributed by atoms with Gasteiger partial charge in [0, 0.05) is 5.38 Å². The Hall–Kier alpha value is -0.210. The molecular formula is C8H9IN2OS2. The van der Waals surface area contributed by atoms with E-state index in [4.69, 9.17) is 18.0 Å². The zero-order chi connectivity index (χ0) is 10.7. The summed E-state index contributed by atoms with van der Waals surface area (Å²) in [5.74, 6) is -0.135. The second kappa shape index (κ2) is 5.04. The fraction of sp³-hybridized carbons (Fsp3) is 0.250. The maximum atomic E-state index is 11.5. The van der Waals surface area contributed by atoms with Gasteiger partial charge in [-0.15, -0.1) is 11.3 Å². The number of nitrogens with one attached hydrogen (secondary N) is 1. The second-order valence-corrected chi connectivity index (χ2v) is 6.01. The molecule has 3 N–H and O–H groups in total. The van der Waals surface area contributed by atoms with E-state index in [9.17, 15) is 4.79 Å². The van der Waals surface area contributed by atoms with Crippen molar-refractivity contribution in [2.75, 3.05) is 0 Å². The number of thiophene rings is 1. The Bertz CT molecular complexity index is 364. The summed E-state index contributed by atoms with van der Waals surface area (Å²) in [6.45, 7) is 1.76. The summed E-state index contributed by atoms with van der Waals surface area (Å²) in [5, 5.41) is 4.52. The highest BCUT2D eigenvalue weighted by Crippen LogP contribution is 2.16. The van der Waals surface area contributed by atoms with Crippen LogP contribution in [0, 0.1) is 2.88 Å². The van der Waals surface area contributed by atoms with Gasteiger partial charge in [-0.05, 0) is 35.6 Å². The molecule has 0 bridgehead atoms. The molecule has 0 aliphatic carbocycles. The predicted molar refractivity (Wildman–Crippen MR) is 70.7 cm³/mol. The molecule has 1 rings (SSSR count). The van der Waals surface area contributed by atoms with Crippen molar-refractivity contribution in [3.05, 3.63) is 19.9 Å². The number of hydrogen-bond acceptors (Lipinski definition) is 3. The summed E-state index contributed by atoms with van der Waals surface area (Å²) in [6.07, 6.45) is 0. The molecule has 0 radical (unpaired) electrons. The van der Waals surface area contributed by atoms with Crippen LogP contribution in [0.2, 0.25) is 0 Å². The zero-order valence-corrected chi connectivity index (χ0v) is 11.2. The van der Waals surface area contributed by atoms with Crippen LogP contribution >= 0.6 is 46.1 Å². The first-order chi connectivity index (χ1) is 6.50. The van der Waals surface area contributed by atoms with E-state index in [0.29, 0.717) is 10.6 Å². The quantitative estimate of drug-likeness (QED) is 0.651. The molecule has 0 aliphatic heterocycles. The number of carbonyl (C=O) groups is 1. The van der Waals surface area contributed by atoms with E-state index >= 15 is 0 Å². The van der Waals surface area contributed by atoms with Gasteiger partial charge < -0.3 is 11.1 Å². The van der Waals surface area contributed by atoms with Gasteiger partial charge in [-0.2, -0.15) is 0 Å². The van der Waals surface area contributed by atoms with Crippen molar-refractivity contribution in [2.45, 2.75) is 13.0 Å². The Balaban J connectivity index is 2.63. The van der Waals surface area contributed by atoms with Crippen LogP contribution in [-0.2, 0) is 0 Å². The molecule has 0 aliphatic rings. The smallest absolute Gasteiger partial charge is 0.252 e. The summed E-state index contributed by atoms with van der Waals surface area (Å²) >= 11 is 8.45. The summed E-state index contributed by atoms with van der Waals surface area (Å²) in [5.41, 5.74) is 6.04. The molecule has 0 fully saturated rings. The highest BCUT2D eigenvalue weighted by molar-refractivity contribution is 14.1. The summed E-state index contributed by atoms with van der Waals surface area (Å²) in [6, 6.07) is 1.56. The lowest BCUT2D eigenvalue weighted by Crippen LogP contribution is -2.41. The molecule has 1 heterocycles. The Labute approximate surface area is 105 Å². The molecule has 0 aromatic carbocycles. The molecule has 1 atom stereocenters. The van der Waals surface area contributed by atoms with E-state index in [0.717, 1.165) is 2.88 Å². The minimum absolute atomic E-state index is 0.135. The molecule has 14 heavy (non-hydrogen) atoms. The van der Waals surface area contributed by atoms with Crippen LogP contribution in [0.1, 0.15) is 17.3 Å². The van der Waals surface area contributed by atoms with Crippen molar-refractivity contribution in [2.24, 2.45) is 5.73 Å². The third kappa shape index (κ3) is 3.18. The lowest BCUT2D eigenvalue weighted by atomic mass is 10.3. The molecule has 1 aromatic heterocycles. The lowest BCUT2D eigenvalue weighted by Gasteiger charge is -2.10. The Morgan fingerprint density at radius 3 is 2.86 bits per heavy atom. The Morgan fingerprint density at radius 2 is 2.43 bits per heavy atom. The van der Waals surface area contributed by atoms with Crippen LogP contribution in [0.5, 0.6) is 0 Å². The molecule has 1 unspecified atom stereocenters. The van der Waals surface area contributed by atoms with Gasteiger partial charge in [0.15, 0.2) is 0 Å². The van der Waals surface area contributed by atoms with E-state index in [1.165, 1.54) is 11.3 Å². The minimum atomic E-state index is -0.268. The van der Waals surface area contributed by atoms with Crippen molar-refractivity contribution in [3.8, 4) is 0 Å². The maximum absolute atomic E-state index is 11.5. The van der Waals surface area contributed by atoms with Gasteiger partial charge in [-0.1, -0.05) is 12.2 Å². The number of nitrogens with two attached hydrogens (primary N) is 1. The van der Waals surface area contributed by atoms with Crippen LogP contribution in [0.15, 0.2) is 11.4 Å². The number of rotatable bonds is 3. The number of halogens is 1. The average molecular weight is 340 g/mol. The SMILES string of the molecule is CC(NC(=O)c1csc(I)c1)C(N)=S. The number of hydrogen-bond donors (Lipinski definition) is 2. The van der Waals surface area contributed by atoms with Crippen LogP contribution in [0.4, 0.5) is 0 Å². The first-order valence-corrected chi connectivity index (χ1v) is 6.21. The molecule has 0 saturated carbocycles. The van der Waals surface area contributed by atoms with E-state index in [-0.39, 0.29) is 11.9 Å². The third-order valence-corrected chi connectivity index (χ3v) is 3.75. The fourth-order valence-electron chi connectivity index (χ4n) is 0.780. The van der Waals surface area contributed by atoms with Gasteiger partial charge in [0.05, 0.1) is 19.5 Å². The topological polar surface area (TPSA) is 55.1 Å². The van der Waals surface area contributed by atoms with Gasteiger partial charge in [-0.3, -0.25) is 4.79 Å². The Morgan fingerprint density at radius 1 is 1.79 bits per heavy atom. The number of thiocarbonyl (C=S) groups is 1. The third-order valence-electron chi connectivity index (χ3n) is 1.60. The van der Waals surface area contributed by atoms with Gasteiger partial charge in [0.1, 0.15) is 0 Å². The normalized spacial score (nSPS) is 12.1. The van der Waals surface area contributed by atoms with Gasteiger partial charge in [0.2, 0.25) is 0 Å². The second-order valence-electron chi connectivity index (χ2n) is 2.74. The van der Waals surface area contributed by atoms with Crippen LogP contribution < -0.4 is 11.1 Å². The van der Waals surface area contributed by atoms with Crippen molar-refractivity contribution < 1.29 is 4.79 Å². The highest BCUT2D eigenvalue weighted by Gasteiger charge is 2.12.